The highest BCUT2D eigenvalue weighted by Gasteiger charge is 2.21. The molecule has 0 aliphatic carbocycles. The van der Waals surface area contributed by atoms with Gasteiger partial charge >= 0.3 is 0 Å². The third kappa shape index (κ3) is 4.17. The first-order valence-electron chi connectivity index (χ1n) is 8.04. The molecular formula is C18H22N2O5. The summed E-state index contributed by atoms with van der Waals surface area (Å²) in [7, 11) is 2.98. The van der Waals surface area contributed by atoms with Crippen molar-refractivity contribution in [1.82, 2.24) is 10.1 Å². The van der Waals surface area contributed by atoms with Gasteiger partial charge in [-0.25, -0.2) is 0 Å². The monoisotopic (exact) mass is 346 g/mol. The number of methoxy groups -OCH3 is 2. The molecule has 0 bridgehead atoms. The Kier molecular flexibility index (Phi) is 6.16. The van der Waals surface area contributed by atoms with Gasteiger partial charge in [0.15, 0.2) is 0 Å². The van der Waals surface area contributed by atoms with Gasteiger partial charge in [-0.15, -0.1) is 0 Å². The number of hydrogen-bond donors (Lipinski definition) is 0. The van der Waals surface area contributed by atoms with Crippen LogP contribution in [0.3, 0.4) is 0 Å². The third-order valence-electron chi connectivity index (χ3n) is 3.92. The third-order valence-corrected chi connectivity index (χ3v) is 3.92. The molecular weight excluding hydrogens is 324 g/mol. The van der Waals surface area contributed by atoms with Gasteiger partial charge in [0.1, 0.15) is 5.75 Å². The fourth-order valence-electron chi connectivity index (χ4n) is 2.48. The molecule has 0 fully saturated rings. The lowest BCUT2D eigenvalue weighted by atomic mass is 9.99. The fourth-order valence-corrected chi connectivity index (χ4v) is 2.48. The van der Waals surface area contributed by atoms with Crippen LogP contribution in [0.15, 0.2) is 28.8 Å². The number of carbonyl (C=O) groups is 2. The zero-order valence-corrected chi connectivity index (χ0v) is 14.9. The molecule has 0 unspecified atom stereocenters. The highest BCUT2D eigenvalue weighted by atomic mass is 16.5. The van der Waals surface area contributed by atoms with E-state index in [1.165, 1.54) is 20.3 Å². The summed E-state index contributed by atoms with van der Waals surface area (Å²) in [5, 5.41) is 3.63. The van der Waals surface area contributed by atoms with Crippen molar-refractivity contribution in [3.05, 3.63) is 41.2 Å². The van der Waals surface area contributed by atoms with E-state index in [0.717, 1.165) is 0 Å². The second kappa shape index (κ2) is 8.32. The molecule has 0 aliphatic heterocycles. The largest absolute Gasteiger partial charge is 0.497 e. The number of Topliss-reactive ketones (excluding diaryl/α,β-unsaturated/α-hetero) is 1. The molecule has 134 valence electrons. The van der Waals surface area contributed by atoms with E-state index < -0.39 is 0 Å². The van der Waals surface area contributed by atoms with Gasteiger partial charge in [0.2, 0.25) is 11.5 Å². The molecule has 2 aromatic rings. The molecule has 1 heterocycles. The van der Waals surface area contributed by atoms with Gasteiger partial charge in [-0.3, -0.25) is 9.59 Å². The zero-order chi connectivity index (χ0) is 18.4. The van der Waals surface area contributed by atoms with E-state index in [2.05, 4.69) is 5.16 Å². The first kappa shape index (κ1) is 18.5. The predicted molar refractivity (Wildman–Crippen MR) is 91.3 cm³/mol. The molecule has 1 aromatic carbocycles. The number of nitrogens with zero attached hydrogens (tertiary/aromatic N) is 2. The zero-order valence-electron chi connectivity index (χ0n) is 14.9. The summed E-state index contributed by atoms with van der Waals surface area (Å²) >= 11 is 0. The van der Waals surface area contributed by atoms with Crippen LogP contribution in [0.25, 0.3) is 0 Å². The fraction of sp³-hybridized carbons (Fsp3) is 0.389. The lowest BCUT2D eigenvalue weighted by Crippen LogP contribution is -2.31. The van der Waals surface area contributed by atoms with Crippen LogP contribution in [-0.4, -0.2) is 49.1 Å². The highest BCUT2D eigenvalue weighted by molar-refractivity contribution is 6.00. The minimum atomic E-state index is -0.294. The Hall–Kier alpha value is -2.83. The van der Waals surface area contributed by atoms with Crippen molar-refractivity contribution in [2.24, 2.45) is 0 Å². The predicted octanol–water partition coefficient (Wildman–Crippen LogP) is 2.60. The van der Waals surface area contributed by atoms with Crippen LogP contribution in [0.5, 0.6) is 11.6 Å². The number of carbonyl (C=O) groups excluding carboxylic acids is 2. The van der Waals surface area contributed by atoms with E-state index >= 15 is 0 Å². The summed E-state index contributed by atoms with van der Waals surface area (Å²) in [6, 6.07) is 6.52. The standard InChI is InChI=1S/C18H22N2O5/c1-5-20(6-2)18(22)14-8-7-13(23-3)9-12(14)10-15(21)16-11-17(24-4)19-25-16/h7-9,11H,5-6,10H2,1-4H3. The maximum atomic E-state index is 12.7. The van der Waals surface area contributed by atoms with Crippen LogP contribution in [0.2, 0.25) is 0 Å². The molecule has 1 aromatic heterocycles. The number of benzene rings is 1. The van der Waals surface area contributed by atoms with Gasteiger partial charge in [0, 0.05) is 25.1 Å². The number of ketones is 1. The van der Waals surface area contributed by atoms with E-state index in [4.69, 9.17) is 14.0 Å². The molecule has 0 atom stereocenters. The van der Waals surface area contributed by atoms with E-state index in [1.54, 1.807) is 23.1 Å². The van der Waals surface area contributed by atoms with Crippen LogP contribution in [0.1, 0.15) is 40.3 Å². The van der Waals surface area contributed by atoms with Crippen molar-refractivity contribution < 1.29 is 23.6 Å². The average molecular weight is 346 g/mol. The van der Waals surface area contributed by atoms with Crippen molar-refractivity contribution in [3.8, 4) is 11.6 Å². The van der Waals surface area contributed by atoms with Gasteiger partial charge in [-0.2, -0.15) is 0 Å². The maximum absolute atomic E-state index is 12.7. The van der Waals surface area contributed by atoms with Crippen molar-refractivity contribution in [3.63, 3.8) is 0 Å². The van der Waals surface area contributed by atoms with E-state index in [1.807, 2.05) is 13.8 Å². The minimum absolute atomic E-state index is 0.00209. The van der Waals surface area contributed by atoms with Crippen molar-refractivity contribution in [2.45, 2.75) is 20.3 Å². The summed E-state index contributed by atoms with van der Waals surface area (Å²) in [5.74, 6) is 0.478. The molecule has 0 saturated heterocycles. The first-order valence-corrected chi connectivity index (χ1v) is 8.04. The number of amides is 1. The quantitative estimate of drug-likeness (QED) is 0.683. The molecule has 0 spiro atoms. The SMILES string of the molecule is CCN(CC)C(=O)c1ccc(OC)cc1CC(=O)c1cc(OC)no1. The molecule has 0 N–H and O–H groups in total. The van der Waals surface area contributed by atoms with Crippen LogP contribution in [-0.2, 0) is 6.42 Å². The summed E-state index contributed by atoms with van der Waals surface area (Å²) in [6.07, 6.45) is -0.00209. The molecule has 2 rings (SSSR count). The summed E-state index contributed by atoms with van der Waals surface area (Å²) < 4.78 is 15.1. The smallest absolute Gasteiger partial charge is 0.254 e. The van der Waals surface area contributed by atoms with Crippen LogP contribution < -0.4 is 9.47 Å². The molecule has 0 saturated carbocycles. The van der Waals surface area contributed by atoms with Crippen LogP contribution >= 0.6 is 0 Å². The summed E-state index contributed by atoms with van der Waals surface area (Å²) in [6.45, 7) is 5.01. The van der Waals surface area contributed by atoms with Crippen LogP contribution in [0.4, 0.5) is 0 Å². The molecule has 7 nitrogen and oxygen atoms in total. The number of rotatable bonds is 8. The van der Waals surface area contributed by atoms with Gasteiger partial charge in [-0.05, 0) is 42.8 Å². The highest BCUT2D eigenvalue weighted by Crippen LogP contribution is 2.22. The van der Waals surface area contributed by atoms with Crippen molar-refractivity contribution in [2.75, 3.05) is 27.3 Å². The maximum Gasteiger partial charge on any atom is 0.254 e. The topological polar surface area (TPSA) is 81.9 Å². The minimum Gasteiger partial charge on any atom is -0.497 e. The average Bonchev–Trinajstić information content (AvgIpc) is 3.12. The summed E-state index contributed by atoms with van der Waals surface area (Å²) in [4.78, 5) is 26.9. The number of hydrogen-bond acceptors (Lipinski definition) is 6. The molecule has 7 heteroatoms. The molecule has 0 aliphatic rings. The van der Waals surface area contributed by atoms with E-state index in [-0.39, 0.29) is 29.8 Å². The molecule has 25 heavy (non-hydrogen) atoms. The lowest BCUT2D eigenvalue weighted by Gasteiger charge is -2.20. The Morgan fingerprint density at radius 1 is 1.12 bits per heavy atom. The molecule has 0 radical (unpaired) electrons. The second-order valence-electron chi connectivity index (χ2n) is 5.33. The Morgan fingerprint density at radius 2 is 1.84 bits per heavy atom. The Labute approximate surface area is 146 Å². The van der Waals surface area contributed by atoms with Crippen molar-refractivity contribution in [1.29, 1.82) is 0 Å². The Morgan fingerprint density at radius 3 is 2.40 bits per heavy atom. The first-order chi connectivity index (χ1) is 12.0. The lowest BCUT2D eigenvalue weighted by molar-refractivity contribution is 0.0772. The van der Waals surface area contributed by atoms with Gasteiger partial charge in [-0.1, -0.05) is 0 Å². The number of aromatic nitrogens is 1. The summed E-state index contributed by atoms with van der Waals surface area (Å²) in [5.41, 5.74) is 1.06. The van der Waals surface area contributed by atoms with Crippen LogP contribution in [0, 0.1) is 0 Å². The molecule has 1 amide bonds. The van der Waals surface area contributed by atoms with Gasteiger partial charge in [0.05, 0.1) is 20.3 Å². The number of ether oxygens (including phenoxy) is 2. The van der Waals surface area contributed by atoms with Crippen molar-refractivity contribution >= 4 is 11.7 Å². The van der Waals surface area contributed by atoms with E-state index in [9.17, 15) is 9.59 Å². The van der Waals surface area contributed by atoms with Gasteiger partial charge < -0.3 is 18.9 Å². The second-order valence-corrected chi connectivity index (χ2v) is 5.33. The Bertz CT molecular complexity index is 750. The van der Waals surface area contributed by atoms with E-state index in [0.29, 0.717) is 30.0 Å². The Balaban J connectivity index is 2.33. The normalized spacial score (nSPS) is 10.4. The van der Waals surface area contributed by atoms with Gasteiger partial charge in [0.25, 0.3) is 11.8 Å².